The maximum atomic E-state index is 12.4. The third-order valence-electron chi connectivity index (χ3n) is 2.60. The van der Waals surface area contributed by atoms with E-state index < -0.39 is 11.7 Å². The van der Waals surface area contributed by atoms with Gasteiger partial charge in [-0.2, -0.15) is 13.2 Å². The van der Waals surface area contributed by atoms with Gasteiger partial charge in [0.15, 0.2) is 0 Å². The molecule has 1 aromatic rings. The normalized spacial score (nSPS) is 17.1. The number of benzene rings is 1. The number of hydrogen-bond donors (Lipinski definition) is 0. The molecule has 14 heavy (non-hydrogen) atoms. The lowest BCUT2D eigenvalue weighted by atomic mass is 10.0. The third kappa shape index (κ3) is 1.76. The third-order valence-corrected chi connectivity index (χ3v) is 2.60. The fourth-order valence-corrected chi connectivity index (χ4v) is 1.68. The molecule has 0 radical (unpaired) electrons. The van der Waals surface area contributed by atoms with Crippen LogP contribution in [0.2, 0.25) is 0 Å². The largest absolute Gasteiger partial charge is 0.416 e. The molecule has 0 N–H and O–H groups in total. The van der Waals surface area contributed by atoms with Gasteiger partial charge in [-0.3, -0.25) is 0 Å². The smallest absolute Gasteiger partial charge is 0.166 e. The standard InChI is InChI=1S/C11H11F3/c1-7-6-9(8-2-3-8)4-5-10(7)11(12,13)14/h4-6,8H,2-3H2,1H3. The zero-order valence-electron chi connectivity index (χ0n) is 7.86. The van der Waals surface area contributed by atoms with Gasteiger partial charge in [0, 0.05) is 0 Å². The molecule has 0 spiro atoms. The van der Waals surface area contributed by atoms with Crippen LogP contribution in [0.25, 0.3) is 0 Å². The summed E-state index contributed by atoms with van der Waals surface area (Å²) in [6, 6.07) is 4.47. The van der Waals surface area contributed by atoms with Gasteiger partial charge in [-0.05, 0) is 42.9 Å². The second kappa shape index (κ2) is 3.01. The molecular weight excluding hydrogens is 189 g/mol. The van der Waals surface area contributed by atoms with E-state index in [0.717, 1.165) is 18.4 Å². The first-order valence-corrected chi connectivity index (χ1v) is 4.66. The Kier molecular flexibility index (Phi) is 2.05. The summed E-state index contributed by atoms with van der Waals surface area (Å²) in [4.78, 5) is 0. The predicted octanol–water partition coefficient (Wildman–Crippen LogP) is 3.89. The monoisotopic (exact) mass is 200 g/mol. The Labute approximate surface area is 80.7 Å². The van der Waals surface area contributed by atoms with Crippen molar-refractivity contribution in [2.45, 2.75) is 31.9 Å². The molecular formula is C11H11F3. The van der Waals surface area contributed by atoms with Crippen LogP contribution in [0, 0.1) is 6.92 Å². The Morgan fingerprint density at radius 2 is 1.86 bits per heavy atom. The van der Waals surface area contributed by atoms with Crippen LogP contribution in [-0.2, 0) is 6.18 Å². The average molecular weight is 200 g/mol. The number of alkyl halides is 3. The average Bonchev–Trinajstić information content (AvgIpc) is 2.83. The van der Waals surface area contributed by atoms with Crippen LogP contribution in [0.3, 0.4) is 0 Å². The fourth-order valence-electron chi connectivity index (χ4n) is 1.68. The van der Waals surface area contributed by atoms with E-state index in [4.69, 9.17) is 0 Å². The molecule has 0 atom stereocenters. The van der Waals surface area contributed by atoms with E-state index in [1.807, 2.05) is 0 Å². The van der Waals surface area contributed by atoms with Crippen LogP contribution in [0.5, 0.6) is 0 Å². The van der Waals surface area contributed by atoms with E-state index in [2.05, 4.69) is 0 Å². The summed E-state index contributed by atoms with van der Waals surface area (Å²) in [7, 11) is 0. The van der Waals surface area contributed by atoms with Crippen molar-refractivity contribution in [1.29, 1.82) is 0 Å². The topological polar surface area (TPSA) is 0 Å². The van der Waals surface area contributed by atoms with E-state index in [1.54, 1.807) is 12.1 Å². The molecule has 0 amide bonds. The first-order valence-electron chi connectivity index (χ1n) is 4.66. The quantitative estimate of drug-likeness (QED) is 0.645. The highest BCUT2D eigenvalue weighted by molar-refractivity contribution is 5.36. The van der Waals surface area contributed by atoms with Crippen molar-refractivity contribution in [3.8, 4) is 0 Å². The van der Waals surface area contributed by atoms with Gasteiger partial charge >= 0.3 is 6.18 Å². The van der Waals surface area contributed by atoms with Crippen molar-refractivity contribution in [2.75, 3.05) is 0 Å². The van der Waals surface area contributed by atoms with E-state index in [9.17, 15) is 13.2 Å². The summed E-state index contributed by atoms with van der Waals surface area (Å²) < 4.78 is 37.2. The first-order chi connectivity index (χ1) is 6.48. The zero-order valence-corrected chi connectivity index (χ0v) is 7.86. The lowest BCUT2D eigenvalue weighted by Gasteiger charge is -2.11. The summed E-state index contributed by atoms with van der Waals surface area (Å²) >= 11 is 0. The van der Waals surface area contributed by atoms with Gasteiger partial charge in [0.25, 0.3) is 0 Å². The summed E-state index contributed by atoms with van der Waals surface area (Å²) in [5, 5.41) is 0. The Morgan fingerprint density at radius 1 is 1.21 bits per heavy atom. The minimum absolute atomic E-state index is 0.335. The maximum absolute atomic E-state index is 12.4. The van der Waals surface area contributed by atoms with Crippen LogP contribution in [0.4, 0.5) is 13.2 Å². The minimum Gasteiger partial charge on any atom is -0.166 e. The number of aryl methyl sites for hydroxylation is 1. The number of hydrogen-bond acceptors (Lipinski definition) is 0. The van der Waals surface area contributed by atoms with Gasteiger partial charge in [-0.1, -0.05) is 12.1 Å². The van der Waals surface area contributed by atoms with Gasteiger partial charge in [-0.15, -0.1) is 0 Å². The molecule has 76 valence electrons. The highest BCUT2D eigenvalue weighted by Crippen LogP contribution is 2.41. The second-order valence-corrected chi connectivity index (χ2v) is 3.85. The van der Waals surface area contributed by atoms with Crippen molar-refractivity contribution < 1.29 is 13.2 Å². The lowest BCUT2D eigenvalue weighted by molar-refractivity contribution is -0.138. The van der Waals surface area contributed by atoms with Crippen LogP contribution in [0.1, 0.15) is 35.4 Å². The van der Waals surface area contributed by atoms with Crippen molar-refractivity contribution in [1.82, 2.24) is 0 Å². The Hall–Kier alpha value is -0.990. The molecule has 0 saturated heterocycles. The molecule has 0 unspecified atom stereocenters. The van der Waals surface area contributed by atoms with Crippen molar-refractivity contribution in [3.63, 3.8) is 0 Å². The van der Waals surface area contributed by atoms with Gasteiger partial charge in [0.2, 0.25) is 0 Å². The molecule has 3 heteroatoms. The highest BCUT2D eigenvalue weighted by Gasteiger charge is 2.33. The fraction of sp³-hybridized carbons (Fsp3) is 0.455. The van der Waals surface area contributed by atoms with Crippen LogP contribution in [-0.4, -0.2) is 0 Å². The lowest BCUT2D eigenvalue weighted by Crippen LogP contribution is -2.07. The van der Waals surface area contributed by atoms with Gasteiger partial charge in [0.05, 0.1) is 5.56 Å². The predicted molar refractivity (Wildman–Crippen MR) is 48.2 cm³/mol. The second-order valence-electron chi connectivity index (χ2n) is 3.85. The van der Waals surface area contributed by atoms with Crippen LogP contribution in [0.15, 0.2) is 18.2 Å². The summed E-state index contributed by atoms with van der Waals surface area (Å²) in [6.07, 6.45) is -1.98. The zero-order chi connectivity index (χ0) is 10.3. The van der Waals surface area contributed by atoms with Gasteiger partial charge < -0.3 is 0 Å². The summed E-state index contributed by atoms with van der Waals surface area (Å²) in [5.41, 5.74) is 0.874. The maximum Gasteiger partial charge on any atom is 0.416 e. The molecule has 2 rings (SSSR count). The molecule has 1 saturated carbocycles. The molecule has 0 aliphatic heterocycles. The Bertz CT molecular complexity index is 348. The van der Waals surface area contributed by atoms with Crippen molar-refractivity contribution >= 4 is 0 Å². The van der Waals surface area contributed by atoms with Gasteiger partial charge in [0.1, 0.15) is 0 Å². The van der Waals surface area contributed by atoms with Gasteiger partial charge in [-0.25, -0.2) is 0 Å². The van der Waals surface area contributed by atoms with E-state index >= 15 is 0 Å². The van der Waals surface area contributed by atoms with E-state index in [0.29, 0.717) is 11.5 Å². The molecule has 0 bridgehead atoms. The summed E-state index contributed by atoms with van der Waals surface area (Å²) in [5.74, 6) is 0.510. The molecule has 1 fully saturated rings. The number of halogens is 3. The molecule has 0 nitrogen and oxygen atoms in total. The minimum atomic E-state index is -4.22. The highest BCUT2D eigenvalue weighted by atomic mass is 19.4. The number of rotatable bonds is 1. The van der Waals surface area contributed by atoms with Crippen molar-refractivity contribution in [2.24, 2.45) is 0 Å². The van der Waals surface area contributed by atoms with Crippen LogP contribution >= 0.6 is 0 Å². The molecule has 1 aliphatic rings. The first kappa shape index (κ1) is 9.56. The van der Waals surface area contributed by atoms with Crippen molar-refractivity contribution in [3.05, 3.63) is 34.9 Å². The SMILES string of the molecule is Cc1cc(C2CC2)ccc1C(F)(F)F. The molecule has 1 aromatic carbocycles. The Morgan fingerprint density at radius 3 is 2.29 bits per heavy atom. The van der Waals surface area contributed by atoms with E-state index in [1.165, 1.54) is 13.0 Å². The summed E-state index contributed by atoms with van der Waals surface area (Å²) in [6.45, 7) is 1.52. The molecule has 0 heterocycles. The Balaban J connectivity index is 2.35. The van der Waals surface area contributed by atoms with Crippen LogP contribution < -0.4 is 0 Å². The molecule has 0 aromatic heterocycles. The molecule has 1 aliphatic carbocycles. The van der Waals surface area contributed by atoms with E-state index in [-0.39, 0.29) is 0 Å².